The molecule has 3 N–H and O–H groups in total. The van der Waals surface area contributed by atoms with Gasteiger partial charge < -0.3 is 28.2 Å². The number of carbonyl (C=O) groups is 1. The second kappa shape index (κ2) is 8.68. The maximum absolute atomic E-state index is 12.4. The van der Waals surface area contributed by atoms with Crippen molar-refractivity contribution in [2.45, 2.75) is 19.1 Å². The van der Waals surface area contributed by atoms with Crippen LogP contribution < -0.4 is 28.2 Å². The number of hydrogen-bond acceptors (Lipinski definition) is 4. The van der Waals surface area contributed by atoms with Gasteiger partial charge in [0.1, 0.15) is 5.75 Å². The van der Waals surface area contributed by atoms with Crippen LogP contribution >= 0.6 is 0 Å². The second-order valence-electron chi connectivity index (χ2n) is 5.11. The van der Waals surface area contributed by atoms with Gasteiger partial charge in [-0.1, -0.05) is 6.07 Å². The van der Waals surface area contributed by atoms with E-state index in [1.807, 2.05) is 0 Å². The van der Waals surface area contributed by atoms with Gasteiger partial charge in [-0.15, -0.1) is 0 Å². The van der Waals surface area contributed by atoms with Crippen molar-refractivity contribution in [3.63, 3.8) is 0 Å². The van der Waals surface area contributed by atoms with Crippen LogP contribution in [0.25, 0.3) is 11.3 Å². The van der Waals surface area contributed by atoms with Crippen molar-refractivity contribution in [1.29, 1.82) is 0 Å². The summed E-state index contributed by atoms with van der Waals surface area (Å²) in [5, 5.41) is 2.47. The molecule has 1 aromatic heterocycles. The largest absolute Gasteiger partial charge is 1.00 e. The number of ether oxygens (including phenoxy) is 1. The number of amides is 1. The van der Waals surface area contributed by atoms with Crippen molar-refractivity contribution >= 4 is 11.6 Å². The van der Waals surface area contributed by atoms with Crippen LogP contribution in [-0.4, -0.2) is 29.7 Å². The summed E-state index contributed by atoms with van der Waals surface area (Å²) in [5.74, 6) is -0.633. The lowest BCUT2D eigenvalue weighted by Gasteiger charge is -2.16. The first-order valence-corrected chi connectivity index (χ1v) is 7.08. The highest BCUT2D eigenvalue weighted by Gasteiger charge is 2.29. The summed E-state index contributed by atoms with van der Waals surface area (Å²) in [7, 11) is 0. The van der Waals surface area contributed by atoms with E-state index in [4.69, 9.17) is 10.5 Å². The Morgan fingerprint density at radius 2 is 2.04 bits per heavy atom. The zero-order valence-electron chi connectivity index (χ0n) is 13.2. The molecule has 0 radical (unpaired) electrons. The molecule has 1 aromatic carbocycles. The van der Waals surface area contributed by atoms with Gasteiger partial charge in [-0.2, -0.15) is 13.2 Å². The standard InChI is InChI=1S/C16H16F3N3O2.ClH/c1-10(20)15(23)22-13-8-11(12-4-2-3-7-21-12)5-6-14(13)24-9-16(17,18)19;/h2-8,10H,9,20H2,1H3,(H,22,23);1H/p-1. The Morgan fingerprint density at radius 1 is 1.32 bits per heavy atom. The number of halogens is 4. The van der Waals surface area contributed by atoms with Gasteiger partial charge in [-0.25, -0.2) is 0 Å². The molecule has 1 amide bonds. The molecule has 0 saturated carbocycles. The molecule has 9 heteroatoms. The molecular formula is C16H16ClF3N3O2-. The summed E-state index contributed by atoms with van der Waals surface area (Å²) in [6, 6.07) is 8.85. The van der Waals surface area contributed by atoms with Crippen molar-refractivity contribution in [2.24, 2.45) is 5.73 Å². The first-order valence-electron chi connectivity index (χ1n) is 7.08. The smallest absolute Gasteiger partial charge is 0.422 e. The van der Waals surface area contributed by atoms with Crippen molar-refractivity contribution in [1.82, 2.24) is 4.98 Å². The van der Waals surface area contributed by atoms with Gasteiger partial charge in [0.15, 0.2) is 6.61 Å². The van der Waals surface area contributed by atoms with E-state index in [1.165, 1.54) is 19.1 Å². The normalized spacial score (nSPS) is 12.0. The zero-order chi connectivity index (χ0) is 17.7. The molecule has 136 valence electrons. The molecule has 2 aromatic rings. The Labute approximate surface area is 148 Å². The lowest BCUT2D eigenvalue weighted by atomic mass is 10.1. The summed E-state index contributed by atoms with van der Waals surface area (Å²) < 4.78 is 41.9. The highest BCUT2D eigenvalue weighted by Crippen LogP contribution is 2.31. The summed E-state index contributed by atoms with van der Waals surface area (Å²) in [6.45, 7) is 0.00512. The number of benzene rings is 1. The topological polar surface area (TPSA) is 77.2 Å². The highest BCUT2D eigenvalue weighted by molar-refractivity contribution is 5.96. The zero-order valence-corrected chi connectivity index (χ0v) is 13.9. The van der Waals surface area contributed by atoms with E-state index in [0.717, 1.165) is 0 Å². The minimum absolute atomic E-state index is 0. The maximum atomic E-state index is 12.4. The molecule has 1 heterocycles. The SMILES string of the molecule is CC(N)C(=O)Nc1cc(-c2ccccn2)ccc1OCC(F)(F)F.[Cl-]. The van der Waals surface area contributed by atoms with Gasteiger partial charge in [-0.3, -0.25) is 9.78 Å². The number of nitrogens with one attached hydrogen (secondary N) is 1. The lowest BCUT2D eigenvalue weighted by molar-refractivity contribution is -0.153. The number of rotatable bonds is 5. The molecular weight excluding hydrogens is 359 g/mol. The molecule has 0 aliphatic carbocycles. The van der Waals surface area contributed by atoms with E-state index in [-0.39, 0.29) is 23.8 Å². The number of hydrogen-bond donors (Lipinski definition) is 2. The number of aromatic nitrogens is 1. The van der Waals surface area contributed by atoms with Crippen LogP contribution in [0.3, 0.4) is 0 Å². The molecule has 0 saturated heterocycles. The third kappa shape index (κ3) is 6.24. The van der Waals surface area contributed by atoms with Crippen molar-refractivity contribution in [3.8, 4) is 17.0 Å². The van der Waals surface area contributed by atoms with Crippen molar-refractivity contribution in [2.75, 3.05) is 11.9 Å². The quantitative estimate of drug-likeness (QED) is 0.771. The lowest BCUT2D eigenvalue weighted by Crippen LogP contribution is -3.00. The predicted molar refractivity (Wildman–Crippen MR) is 83.5 cm³/mol. The molecule has 0 aliphatic heterocycles. The summed E-state index contributed by atoms with van der Waals surface area (Å²) in [5.41, 5.74) is 6.81. The Bertz CT molecular complexity index is 710. The number of pyridine rings is 1. The van der Waals surface area contributed by atoms with Crippen LogP contribution in [0.5, 0.6) is 5.75 Å². The summed E-state index contributed by atoms with van der Waals surface area (Å²) >= 11 is 0. The van der Waals surface area contributed by atoms with Gasteiger partial charge in [0, 0.05) is 11.8 Å². The molecule has 25 heavy (non-hydrogen) atoms. The molecule has 2 rings (SSSR count). The number of anilines is 1. The Hall–Kier alpha value is -2.32. The fourth-order valence-corrected chi connectivity index (χ4v) is 1.85. The number of carbonyl (C=O) groups excluding carboxylic acids is 1. The average Bonchev–Trinajstić information content (AvgIpc) is 2.53. The number of nitrogens with two attached hydrogens (primary N) is 1. The first-order chi connectivity index (χ1) is 11.3. The van der Waals surface area contributed by atoms with Crippen LogP contribution in [0, 0.1) is 0 Å². The fourth-order valence-electron chi connectivity index (χ4n) is 1.85. The molecule has 1 atom stereocenters. The van der Waals surface area contributed by atoms with E-state index >= 15 is 0 Å². The molecule has 0 aliphatic rings. The number of nitrogens with zero attached hydrogens (tertiary/aromatic N) is 1. The first kappa shape index (κ1) is 20.7. The van der Waals surface area contributed by atoms with Crippen molar-refractivity contribution in [3.05, 3.63) is 42.6 Å². The summed E-state index contributed by atoms with van der Waals surface area (Å²) in [4.78, 5) is 15.9. The van der Waals surface area contributed by atoms with Gasteiger partial charge in [0.25, 0.3) is 0 Å². The monoisotopic (exact) mass is 374 g/mol. The van der Waals surface area contributed by atoms with Gasteiger partial charge in [0.05, 0.1) is 17.4 Å². The van der Waals surface area contributed by atoms with Crippen LogP contribution in [0.1, 0.15) is 6.92 Å². The molecule has 5 nitrogen and oxygen atoms in total. The molecule has 1 unspecified atom stereocenters. The van der Waals surface area contributed by atoms with E-state index < -0.39 is 24.7 Å². The fraction of sp³-hybridized carbons (Fsp3) is 0.250. The third-order valence-corrected chi connectivity index (χ3v) is 3.00. The highest BCUT2D eigenvalue weighted by atomic mass is 35.5. The Morgan fingerprint density at radius 3 is 2.60 bits per heavy atom. The Kier molecular flexibility index (Phi) is 7.20. The molecule has 0 fully saturated rings. The average molecular weight is 375 g/mol. The minimum Gasteiger partial charge on any atom is -1.00 e. The van der Waals surface area contributed by atoms with Crippen molar-refractivity contribution < 1.29 is 35.1 Å². The van der Waals surface area contributed by atoms with Gasteiger partial charge in [0.2, 0.25) is 5.91 Å². The maximum Gasteiger partial charge on any atom is 0.422 e. The predicted octanol–water partition coefficient (Wildman–Crippen LogP) is -0.0206. The van der Waals surface area contributed by atoms with Gasteiger partial charge >= 0.3 is 6.18 Å². The number of alkyl halides is 3. The van der Waals surface area contributed by atoms with E-state index in [9.17, 15) is 18.0 Å². The minimum atomic E-state index is -4.48. The van der Waals surface area contributed by atoms with Gasteiger partial charge in [-0.05, 0) is 37.3 Å². The van der Waals surface area contributed by atoms with E-state index in [1.54, 1.807) is 30.5 Å². The van der Waals surface area contributed by atoms with E-state index in [0.29, 0.717) is 11.3 Å². The van der Waals surface area contributed by atoms with Crippen LogP contribution in [0.15, 0.2) is 42.6 Å². The van der Waals surface area contributed by atoms with E-state index in [2.05, 4.69) is 10.3 Å². The Balaban J connectivity index is 0.00000312. The second-order valence-corrected chi connectivity index (χ2v) is 5.11. The molecule has 0 spiro atoms. The summed E-state index contributed by atoms with van der Waals surface area (Å²) in [6.07, 6.45) is -2.90. The van der Waals surface area contributed by atoms with Crippen LogP contribution in [0.4, 0.5) is 18.9 Å². The van der Waals surface area contributed by atoms with Crippen LogP contribution in [-0.2, 0) is 4.79 Å². The molecule has 0 bridgehead atoms. The third-order valence-electron chi connectivity index (χ3n) is 3.00. The van der Waals surface area contributed by atoms with Crippen LogP contribution in [0.2, 0.25) is 0 Å².